The Hall–Kier alpha value is -1.47. The summed E-state index contributed by atoms with van der Waals surface area (Å²) >= 11 is 0. The molecule has 0 aliphatic rings. The lowest BCUT2D eigenvalue weighted by Crippen LogP contribution is -2.33. The first-order valence-electron chi connectivity index (χ1n) is 8.63. The molecule has 0 saturated carbocycles. The average molecular weight is 523 g/mol. The van der Waals surface area contributed by atoms with Crippen molar-refractivity contribution in [2.45, 2.75) is 31.0 Å². The molecule has 32 heavy (non-hydrogen) atoms. The second kappa shape index (κ2) is 13.3. The van der Waals surface area contributed by atoms with E-state index in [9.17, 15) is 43.2 Å². The summed E-state index contributed by atoms with van der Waals surface area (Å²) in [7, 11) is -11.8. The van der Waals surface area contributed by atoms with Gasteiger partial charge in [-0.1, -0.05) is 0 Å². The standard InChI is InChI=1S/C12H23N2O3.C2F6NO4S2/c1-3-13-4-5-14(12-13)6-7-16-10-11-17-9-8-15-2;3-1(4,5)14(10,11)9-15(12,13)2(6,7)8/h4-5,12H,3,6-11H2,1-2H3;/q+1;-1. The molecule has 0 radical (unpaired) electrons. The molecule has 10 nitrogen and oxygen atoms in total. The lowest BCUT2D eigenvalue weighted by atomic mass is 10.6. The molecule has 190 valence electrons. The van der Waals surface area contributed by atoms with Crippen LogP contribution in [0.3, 0.4) is 0 Å². The van der Waals surface area contributed by atoms with Crippen molar-refractivity contribution in [2.24, 2.45) is 0 Å². The Balaban J connectivity index is 0.000000607. The zero-order valence-electron chi connectivity index (χ0n) is 17.0. The van der Waals surface area contributed by atoms with Crippen molar-refractivity contribution < 1.29 is 62.0 Å². The highest BCUT2D eigenvalue weighted by molar-refractivity contribution is 8.13. The SMILES string of the molecule is CCn1cc[n+](CCOCCOCCOC)c1.O=S(=O)([N-]S(=O)(=O)C(F)(F)F)C(F)(F)F. The van der Waals surface area contributed by atoms with Gasteiger partial charge >= 0.3 is 11.0 Å². The summed E-state index contributed by atoms with van der Waals surface area (Å²) in [5.41, 5.74) is -12.4. The van der Waals surface area contributed by atoms with Crippen molar-refractivity contribution >= 4 is 20.0 Å². The molecule has 0 bridgehead atoms. The van der Waals surface area contributed by atoms with E-state index < -0.39 is 31.1 Å². The van der Waals surface area contributed by atoms with Gasteiger partial charge in [-0.25, -0.2) is 26.0 Å². The van der Waals surface area contributed by atoms with Gasteiger partial charge < -0.3 is 18.3 Å². The number of sulfonamides is 2. The number of rotatable bonds is 12. The molecule has 18 heteroatoms. The molecular formula is C14H23F6N3O7S2. The Morgan fingerprint density at radius 3 is 1.75 bits per heavy atom. The fourth-order valence-electron chi connectivity index (χ4n) is 1.61. The Morgan fingerprint density at radius 2 is 1.34 bits per heavy atom. The highest BCUT2D eigenvalue weighted by Crippen LogP contribution is 2.36. The largest absolute Gasteiger partial charge is 0.480 e. The molecule has 0 N–H and O–H groups in total. The maximum Gasteiger partial charge on any atom is 0.480 e. The Morgan fingerprint density at radius 1 is 0.875 bits per heavy atom. The lowest BCUT2D eigenvalue weighted by Gasteiger charge is -2.22. The van der Waals surface area contributed by atoms with Crippen molar-refractivity contribution in [3.8, 4) is 0 Å². The molecule has 1 aromatic heterocycles. The number of nitrogens with zero attached hydrogens (tertiary/aromatic N) is 3. The molecular weight excluding hydrogens is 500 g/mol. The van der Waals surface area contributed by atoms with Gasteiger partial charge in [-0.2, -0.15) is 26.3 Å². The van der Waals surface area contributed by atoms with Crippen LogP contribution < -0.4 is 4.57 Å². The van der Waals surface area contributed by atoms with Crippen molar-refractivity contribution in [2.75, 3.05) is 40.1 Å². The number of ether oxygens (including phenoxy) is 3. The maximum absolute atomic E-state index is 11.4. The molecule has 0 fully saturated rings. The molecule has 0 aliphatic carbocycles. The van der Waals surface area contributed by atoms with Gasteiger partial charge in [-0.3, -0.25) is 0 Å². The van der Waals surface area contributed by atoms with Crippen LogP contribution in [0, 0.1) is 0 Å². The van der Waals surface area contributed by atoms with Crippen molar-refractivity contribution in [1.82, 2.24) is 4.57 Å². The molecule has 1 heterocycles. The van der Waals surface area contributed by atoms with Crippen LogP contribution in [0.25, 0.3) is 4.13 Å². The second-order valence-electron chi connectivity index (χ2n) is 5.62. The van der Waals surface area contributed by atoms with Crippen LogP contribution in [-0.4, -0.2) is 72.6 Å². The first-order chi connectivity index (χ1) is 14.6. The minimum absolute atomic E-state index is 0.629. The Kier molecular flexibility index (Phi) is 12.7. The van der Waals surface area contributed by atoms with Crippen LogP contribution in [0.4, 0.5) is 26.3 Å². The topological polar surface area (TPSA) is 119 Å². The third kappa shape index (κ3) is 11.4. The number of halogens is 6. The second-order valence-corrected chi connectivity index (χ2v) is 9.04. The van der Waals surface area contributed by atoms with Gasteiger partial charge in [-0.15, -0.1) is 0 Å². The van der Waals surface area contributed by atoms with Gasteiger partial charge in [0.25, 0.3) is 0 Å². The minimum Gasteiger partial charge on any atom is -0.421 e. The van der Waals surface area contributed by atoms with Crippen molar-refractivity contribution in [3.05, 3.63) is 22.8 Å². The average Bonchev–Trinajstić information content (AvgIpc) is 3.10. The van der Waals surface area contributed by atoms with Gasteiger partial charge in [0.15, 0.2) is 20.0 Å². The van der Waals surface area contributed by atoms with E-state index in [1.54, 1.807) is 7.11 Å². The first-order valence-corrected chi connectivity index (χ1v) is 11.5. The summed E-state index contributed by atoms with van der Waals surface area (Å²) in [6.45, 7) is 7.26. The molecule has 0 aliphatic heterocycles. The lowest BCUT2D eigenvalue weighted by molar-refractivity contribution is -0.698. The minimum atomic E-state index is -6.72. The summed E-state index contributed by atoms with van der Waals surface area (Å²) in [5.74, 6) is 0. The molecule has 0 saturated heterocycles. The number of imidazole rings is 1. The highest BCUT2D eigenvalue weighted by Gasteiger charge is 2.46. The van der Waals surface area contributed by atoms with Gasteiger partial charge in [0, 0.05) is 7.11 Å². The number of aromatic nitrogens is 2. The molecule has 1 aromatic rings. The van der Waals surface area contributed by atoms with Crippen LogP contribution in [-0.2, 0) is 47.3 Å². The third-order valence-corrected chi connectivity index (χ3v) is 5.93. The fraction of sp³-hybridized carbons (Fsp3) is 0.786. The first kappa shape index (κ1) is 30.5. The van der Waals surface area contributed by atoms with Gasteiger partial charge in [0.2, 0.25) is 6.33 Å². The monoisotopic (exact) mass is 523 g/mol. The molecule has 0 spiro atoms. The zero-order chi connectivity index (χ0) is 25.1. The Labute approximate surface area is 181 Å². The van der Waals surface area contributed by atoms with Gasteiger partial charge in [0.05, 0.1) is 39.6 Å². The summed E-state index contributed by atoms with van der Waals surface area (Å²) < 4.78 is 129. The number of methoxy groups -OCH3 is 1. The number of aryl methyl sites for hydroxylation is 1. The number of hydrogen-bond acceptors (Lipinski definition) is 7. The molecule has 0 atom stereocenters. The van der Waals surface area contributed by atoms with Crippen molar-refractivity contribution in [3.63, 3.8) is 0 Å². The van der Waals surface area contributed by atoms with Crippen LogP contribution in [0.2, 0.25) is 0 Å². The van der Waals surface area contributed by atoms with E-state index in [-0.39, 0.29) is 0 Å². The van der Waals surface area contributed by atoms with Crippen LogP contribution in [0.1, 0.15) is 6.92 Å². The summed E-state index contributed by atoms with van der Waals surface area (Å²) in [4.78, 5) is 0. The summed E-state index contributed by atoms with van der Waals surface area (Å²) in [5, 5.41) is 0. The number of alkyl halides is 6. The zero-order valence-corrected chi connectivity index (χ0v) is 18.6. The fourth-order valence-corrected chi connectivity index (χ4v) is 3.32. The third-order valence-electron chi connectivity index (χ3n) is 3.19. The highest BCUT2D eigenvalue weighted by atomic mass is 32.3. The van der Waals surface area contributed by atoms with E-state index in [2.05, 4.69) is 34.8 Å². The molecule has 1 rings (SSSR count). The van der Waals surface area contributed by atoms with Crippen LogP contribution >= 0.6 is 0 Å². The van der Waals surface area contributed by atoms with Crippen LogP contribution in [0.15, 0.2) is 18.7 Å². The van der Waals surface area contributed by atoms with E-state index in [4.69, 9.17) is 14.2 Å². The molecule has 0 amide bonds. The molecule has 0 aromatic carbocycles. The normalized spacial score (nSPS) is 13.0. The quantitative estimate of drug-likeness (QED) is 0.232. The summed E-state index contributed by atoms with van der Waals surface area (Å²) in [6.07, 6.45) is 6.20. The Bertz CT molecular complexity index is 828. The molecule has 0 unspecified atom stereocenters. The van der Waals surface area contributed by atoms with E-state index in [1.807, 2.05) is 0 Å². The smallest absolute Gasteiger partial charge is 0.421 e. The number of hydrogen-bond donors (Lipinski definition) is 0. The van der Waals surface area contributed by atoms with Gasteiger partial charge in [0.1, 0.15) is 18.9 Å². The van der Waals surface area contributed by atoms with Crippen molar-refractivity contribution in [1.29, 1.82) is 0 Å². The summed E-state index contributed by atoms with van der Waals surface area (Å²) in [6, 6.07) is 0. The van der Waals surface area contributed by atoms with E-state index in [1.165, 1.54) is 0 Å². The predicted molar refractivity (Wildman–Crippen MR) is 97.1 cm³/mol. The van der Waals surface area contributed by atoms with E-state index >= 15 is 0 Å². The van der Waals surface area contributed by atoms with Gasteiger partial charge in [-0.05, 0) is 6.92 Å². The predicted octanol–water partition coefficient (Wildman–Crippen LogP) is 1.53. The van der Waals surface area contributed by atoms with E-state index in [0.29, 0.717) is 33.0 Å². The maximum atomic E-state index is 11.4. The van der Waals surface area contributed by atoms with Crippen LogP contribution in [0.5, 0.6) is 0 Å². The van der Waals surface area contributed by atoms with E-state index in [0.717, 1.165) is 17.2 Å².